The summed E-state index contributed by atoms with van der Waals surface area (Å²) in [4.78, 5) is 36.3. The molecule has 0 saturated heterocycles. The minimum absolute atomic E-state index is 0.0582. The van der Waals surface area contributed by atoms with E-state index in [9.17, 15) is 14.4 Å². The summed E-state index contributed by atoms with van der Waals surface area (Å²) in [5, 5.41) is 8.25. The highest BCUT2D eigenvalue weighted by Crippen LogP contribution is 2.27. The summed E-state index contributed by atoms with van der Waals surface area (Å²) >= 11 is 0. The number of amides is 3. The average Bonchev–Trinajstić information content (AvgIpc) is 2.76. The molecule has 0 unspecified atom stereocenters. The minimum Gasteiger partial charge on any atom is -0.496 e. The Balaban J connectivity index is 1.84. The molecule has 0 spiro atoms. The molecule has 0 aromatic heterocycles. The van der Waals surface area contributed by atoms with Crippen molar-refractivity contribution in [3.05, 3.63) is 53.6 Å². The molecule has 0 bridgehead atoms. The lowest BCUT2D eigenvalue weighted by Gasteiger charge is -2.13. The molecular weight excluding hydrogens is 386 g/mol. The van der Waals surface area contributed by atoms with Crippen LogP contribution in [0.25, 0.3) is 0 Å². The summed E-state index contributed by atoms with van der Waals surface area (Å²) in [6, 6.07) is 11.7. The molecule has 160 valence electrons. The SMILES string of the molecule is CCCC(=O)Nc1ccc(C(=O)NCCNC(=O)c2c(OC)cccc2OC)cc1. The van der Waals surface area contributed by atoms with Crippen LogP contribution in [0.4, 0.5) is 5.69 Å². The molecule has 0 aliphatic carbocycles. The van der Waals surface area contributed by atoms with Gasteiger partial charge in [0.15, 0.2) is 0 Å². The Kier molecular flexibility index (Phi) is 8.68. The lowest BCUT2D eigenvalue weighted by atomic mass is 10.1. The highest BCUT2D eigenvalue weighted by Gasteiger charge is 2.17. The molecule has 2 rings (SSSR count). The second-order valence-electron chi connectivity index (χ2n) is 6.42. The number of carbonyl (C=O) groups excluding carboxylic acids is 3. The molecular formula is C22H27N3O5. The number of methoxy groups -OCH3 is 2. The fourth-order valence-corrected chi connectivity index (χ4v) is 2.77. The van der Waals surface area contributed by atoms with Gasteiger partial charge in [0.25, 0.3) is 11.8 Å². The van der Waals surface area contributed by atoms with Crippen LogP contribution in [0.5, 0.6) is 11.5 Å². The van der Waals surface area contributed by atoms with Gasteiger partial charge in [0.2, 0.25) is 5.91 Å². The van der Waals surface area contributed by atoms with Crippen molar-refractivity contribution >= 4 is 23.4 Å². The van der Waals surface area contributed by atoms with Crippen molar-refractivity contribution in [1.29, 1.82) is 0 Å². The Bertz CT molecular complexity index is 859. The van der Waals surface area contributed by atoms with Crippen LogP contribution in [0, 0.1) is 0 Å². The molecule has 2 aromatic carbocycles. The number of anilines is 1. The van der Waals surface area contributed by atoms with E-state index in [1.54, 1.807) is 42.5 Å². The van der Waals surface area contributed by atoms with E-state index in [-0.39, 0.29) is 30.8 Å². The van der Waals surface area contributed by atoms with Crippen molar-refractivity contribution in [1.82, 2.24) is 10.6 Å². The Hall–Kier alpha value is -3.55. The van der Waals surface area contributed by atoms with Crippen LogP contribution in [-0.2, 0) is 4.79 Å². The summed E-state index contributed by atoms with van der Waals surface area (Å²) in [7, 11) is 2.96. The van der Waals surface area contributed by atoms with Crippen molar-refractivity contribution in [2.45, 2.75) is 19.8 Å². The molecule has 30 heavy (non-hydrogen) atoms. The van der Waals surface area contributed by atoms with Gasteiger partial charge in [0.1, 0.15) is 17.1 Å². The number of hydrogen-bond acceptors (Lipinski definition) is 5. The Morgan fingerprint density at radius 2 is 1.40 bits per heavy atom. The fourth-order valence-electron chi connectivity index (χ4n) is 2.77. The van der Waals surface area contributed by atoms with Crippen LogP contribution in [0.3, 0.4) is 0 Å². The Labute approximate surface area is 175 Å². The summed E-state index contributed by atoms with van der Waals surface area (Å²) in [5.41, 5.74) is 1.40. The first-order valence-corrected chi connectivity index (χ1v) is 9.67. The van der Waals surface area contributed by atoms with Gasteiger partial charge in [-0.05, 0) is 42.8 Å². The lowest BCUT2D eigenvalue weighted by Crippen LogP contribution is -2.35. The maximum absolute atomic E-state index is 12.5. The second-order valence-corrected chi connectivity index (χ2v) is 6.42. The molecule has 0 atom stereocenters. The smallest absolute Gasteiger partial charge is 0.258 e. The summed E-state index contributed by atoms with van der Waals surface area (Å²) in [6.45, 7) is 2.41. The van der Waals surface area contributed by atoms with Crippen molar-refractivity contribution < 1.29 is 23.9 Å². The van der Waals surface area contributed by atoms with Crippen molar-refractivity contribution in [2.24, 2.45) is 0 Å². The van der Waals surface area contributed by atoms with Gasteiger partial charge in [-0.15, -0.1) is 0 Å². The van der Waals surface area contributed by atoms with Gasteiger partial charge in [-0.25, -0.2) is 0 Å². The van der Waals surface area contributed by atoms with Gasteiger partial charge >= 0.3 is 0 Å². The molecule has 0 saturated carbocycles. The monoisotopic (exact) mass is 413 g/mol. The van der Waals surface area contributed by atoms with E-state index in [0.29, 0.717) is 34.7 Å². The Morgan fingerprint density at radius 3 is 1.93 bits per heavy atom. The minimum atomic E-state index is -0.356. The first kappa shape index (κ1) is 22.7. The Morgan fingerprint density at radius 1 is 0.833 bits per heavy atom. The van der Waals surface area contributed by atoms with Gasteiger partial charge in [0.05, 0.1) is 14.2 Å². The third kappa shape index (κ3) is 6.23. The quantitative estimate of drug-likeness (QED) is 0.519. The van der Waals surface area contributed by atoms with Gasteiger partial charge in [-0.2, -0.15) is 0 Å². The third-order valence-corrected chi connectivity index (χ3v) is 4.26. The lowest BCUT2D eigenvalue weighted by molar-refractivity contribution is -0.116. The van der Waals surface area contributed by atoms with Gasteiger partial charge in [-0.1, -0.05) is 13.0 Å². The highest BCUT2D eigenvalue weighted by molar-refractivity contribution is 6.00. The third-order valence-electron chi connectivity index (χ3n) is 4.26. The zero-order chi connectivity index (χ0) is 21.9. The van der Waals surface area contributed by atoms with E-state index in [1.807, 2.05) is 6.92 Å². The summed E-state index contributed by atoms with van der Waals surface area (Å²) in [5.74, 6) is 0.123. The standard InChI is InChI=1S/C22H27N3O5/c1-4-6-19(26)25-16-11-9-15(10-12-16)21(27)23-13-14-24-22(28)20-17(29-2)7-5-8-18(20)30-3/h5,7-12H,4,6,13-14H2,1-3H3,(H,23,27)(H,24,28)(H,25,26). The number of rotatable bonds is 10. The molecule has 0 aliphatic heterocycles. The van der Waals surface area contributed by atoms with Crippen molar-refractivity contribution in [3.8, 4) is 11.5 Å². The topological polar surface area (TPSA) is 106 Å². The molecule has 2 aromatic rings. The average molecular weight is 413 g/mol. The van der Waals surface area contributed by atoms with E-state index < -0.39 is 0 Å². The zero-order valence-corrected chi connectivity index (χ0v) is 17.4. The van der Waals surface area contributed by atoms with E-state index in [0.717, 1.165) is 6.42 Å². The summed E-state index contributed by atoms with van der Waals surface area (Å²) in [6.07, 6.45) is 1.22. The molecule has 0 heterocycles. The molecule has 0 aliphatic rings. The maximum atomic E-state index is 12.5. The van der Waals surface area contributed by atoms with Crippen LogP contribution in [0.2, 0.25) is 0 Å². The number of carbonyl (C=O) groups is 3. The first-order chi connectivity index (χ1) is 14.5. The molecule has 3 N–H and O–H groups in total. The van der Waals surface area contributed by atoms with Crippen LogP contribution in [0.15, 0.2) is 42.5 Å². The molecule has 8 heteroatoms. The zero-order valence-electron chi connectivity index (χ0n) is 17.4. The van der Waals surface area contributed by atoms with Gasteiger partial charge in [-0.3, -0.25) is 14.4 Å². The molecule has 3 amide bonds. The van der Waals surface area contributed by atoms with E-state index in [4.69, 9.17) is 9.47 Å². The number of hydrogen-bond donors (Lipinski definition) is 3. The van der Waals surface area contributed by atoms with Crippen molar-refractivity contribution in [2.75, 3.05) is 32.6 Å². The van der Waals surface area contributed by atoms with E-state index >= 15 is 0 Å². The van der Waals surface area contributed by atoms with Gasteiger partial charge < -0.3 is 25.4 Å². The maximum Gasteiger partial charge on any atom is 0.258 e. The predicted molar refractivity (Wildman–Crippen MR) is 114 cm³/mol. The number of benzene rings is 2. The van der Waals surface area contributed by atoms with E-state index in [1.165, 1.54) is 14.2 Å². The van der Waals surface area contributed by atoms with Crippen molar-refractivity contribution in [3.63, 3.8) is 0 Å². The number of ether oxygens (including phenoxy) is 2. The fraction of sp³-hybridized carbons (Fsp3) is 0.318. The predicted octanol–water partition coefficient (Wildman–Crippen LogP) is 2.60. The highest BCUT2D eigenvalue weighted by atomic mass is 16.5. The first-order valence-electron chi connectivity index (χ1n) is 9.67. The van der Waals surface area contributed by atoms with Crippen LogP contribution in [-0.4, -0.2) is 45.0 Å². The molecule has 8 nitrogen and oxygen atoms in total. The largest absolute Gasteiger partial charge is 0.496 e. The van der Waals surface area contributed by atoms with Crippen LogP contribution < -0.4 is 25.4 Å². The number of nitrogens with one attached hydrogen (secondary N) is 3. The normalized spacial score (nSPS) is 10.1. The van der Waals surface area contributed by atoms with E-state index in [2.05, 4.69) is 16.0 Å². The second kappa shape index (κ2) is 11.5. The molecule has 0 radical (unpaired) electrons. The van der Waals surface area contributed by atoms with Crippen LogP contribution in [0.1, 0.15) is 40.5 Å². The van der Waals surface area contributed by atoms with Crippen LogP contribution >= 0.6 is 0 Å². The van der Waals surface area contributed by atoms with Gasteiger partial charge in [0, 0.05) is 30.8 Å². The molecule has 0 fully saturated rings. The summed E-state index contributed by atoms with van der Waals surface area (Å²) < 4.78 is 10.4.